The molecule has 0 amide bonds. The lowest BCUT2D eigenvalue weighted by molar-refractivity contribution is 0.0527. The number of benzene rings is 1. The lowest BCUT2D eigenvalue weighted by atomic mass is 10.1. The first-order chi connectivity index (χ1) is 9.04. The van der Waals surface area contributed by atoms with Gasteiger partial charge in [-0.1, -0.05) is 17.7 Å². The molecule has 0 aliphatic rings. The van der Waals surface area contributed by atoms with E-state index in [9.17, 15) is 4.79 Å². The summed E-state index contributed by atoms with van der Waals surface area (Å²) in [5, 5.41) is 4.78. The Labute approximate surface area is 115 Å². The molecule has 0 saturated heterocycles. The van der Waals surface area contributed by atoms with Gasteiger partial charge in [-0.2, -0.15) is 5.10 Å². The Hall–Kier alpha value is -2.01. The third kappa shape index (κ3) is 2.56. The van der Waals surface area contributed by atoms with Crippen LogP contribution in [0.4, 0.5) is 5.69 Å². The summed E-state index contributed by atoms with van der Waals surface area (Å²) in [6, 6.07) is 5.11. The van der Waals surface area contributed by atoms with Crippen molar-refractivity contribution in [3.8, 4) is 5.69 Å². The van der Waals surface area contributed by atoms with E-state index in [1.165, 1.54) is 0 Å². The van der Waals surface area contributed by atoms with Gasteiger partial charge in [-0.05, 0) is 26.0 Å². The van der Waals surface area contributed by atoms with Crippen LogP contribution in [0.2, 0.25) is 5.02 Å². The molecule has 0 radical (unpaired) electrons. The normalized spacial score (nSPS) is 10.5. The van der Waals surface area contributed by atoms with Crippen molar-refractivity contribution in [2.75, 3.05) is 12.3 Å². The van der Waals surface area contributed by atoms with Gasteiger partial charge in [0, 0.05) is 6.20 Å². The molecule has 0 saturated carbocycles. The Morgan fingerprint density at radius 1 is 1.53 bits per heavy atom. The zero-order chi connectivity index (χ0) is 14.0. The second-order valence-electron chi connectivity index (χ2n) is 3.97. The number of aromatic nitrogens is 2. The average molecular weight is 280 g/mol. The molecule has 19 heavy (non-hydrogen) atoms. The molecular formula is C13H14ClN3O2. The molecule has 6 heteroatoms. The van der Waals surface area contributed by atoms with Crippen LogP contribution in [0.25, 0.3) is 5.69 Å². The number of para-hydroxylation sites is 1. The number of halogens is 1. The predicted molar refractivity (Wildman–Crippen MR) is 73.7 cm³/mol. The van der Waals surface area contributed by atoms with E-state index in [1.807, 2.05) is 0 Å². The molecule has 100 valence electrons. The quantitative estimate of drug-likeness (QED) is 0.692. The maximum Gasteiger partial charge on any atom is 0.340 e. The summed E-state index contributed by atoms with van der Waals surface area (Å²) < 4.78 is 6.51. The van der Waals surface area contributed by atoms with E-state index in [4.69, 9.17) is 22.1 Å². The van der Waals surface area contributed by atoms with Crippen LogP contribution in [0, 0.1) is 6.92 Å². The van der Waals surface area contributed by atoms with Crippen LogP contribution in [0.3, 0.4) is 0 Å². The van der Waals surface area contributed by atoms with Crippen molar-refractivity contribution < 1.29 is 9.53 Å². The van der Waals surface area contributed by atoms with Crippen molar-refractivity contribution in [3.63, 3.8) is 0 Å². The maximum absolute atomic E-state index is 11.8. The van der Waals surface area contributed by atoms with Crippen LogP contribution in [-0.2, 0) is 4.74 Å². The van der Waals surface area contributed by atoms with Crippen molar-refractivity contribution in [1.29, 1.82) is 0 Å². The topological polar surface area (TPSA) is 70.1 Å². The first-order valence-electron chi connectivity index (χ1n) is 5.82. The molecule has 0 spiro atoms. The number of nitrogen functional groups attached to an aromatic ring is 1. The molecular weight excluding hydrogens is 266 g/mol. The summed E-state index contributed by atoms with van der Waals surface area (Å²) in [6.07, 6.45) is 1.65. The van der Waals surface area contributed by atoms with E-state index in [-0.39, 0.29) is 0 Å². The number of nitrogens with two attached hydrogens (primary N) is 1. The van der Waals surface area contributed by atoms with Gasteiger partial charge in [0.25, 0.3) is 0 Å². The fourth-order valence-electron chi connectivity index (χ4n) is 1.70. The van der Waals surface area contributed by atoms with Crippen molar-refractivity contribution in [2.45, 2.75) is 13.8 Å². The van der Waals surface area contributed by atoms with E-state index < -0.39 is 5.97 Å². The van der Waals surface area contributed by atoms with Gasteiger partial charge < -0.3 is 10.5 Å². The minimum absolute atomic E-state index is 0.301. The van der Waals surface area contributed by atoms with Gasteiger partial charge in [0.05, 0.1) is 34.3 Å². The van der Waals surface area contributed by atoms with Gasteiger partial charge in [0.15, 0.2) is 0 Å². The Morgan fingerprint density at radius 2 is 2.26 bits per heavy atom. The number of nitrogens with zero attached hydrogens (tertiary/aromatic N) is 2. The molecule has 0 fully saturated rings. The van der Waals surface area contributed by atoms with E-state index in [2.05, 4.69) is 5.10 Å². The minimum atomic E-state index is -0.447. The molecule has 5 nitrogen and oxygen atoms in total. The summed E-state index contributed by atoms with van der Waals surface area (Å²) in [4.78, 5) is 11.8. The lowest BCUT2D eigenvalue weighted by Crippen LogP contribution is -2.10. The molecule has 2 N–H and O–H groups in total. The van der Waals surface area contributed by atoms with E-state index in [0.717, 1.165) is 0 Å². The molecule has 0 aliphatic carbocycles. The van der Waals surface area contributed by atoms with Gasteiger partial charge in [0.1, 0.15) is 0 Å². The highest BCUT2D eigenvalue weighted by molar-refractivity contribution is 6.31. The van der Waals surface area contributed by atoms with Crippen molar-refractivity contribution in [1.82, 2.24) is 9.78 Å². The summed E-state index contributed by atoms with van der Waals surface area (Å²) >= 11 is 5.97. The number of esters is 1. The number of carbonyl (C=O) groups is 1. The zero-order valence-corrected chi connectivity index (χ0v) is 11.4. The molecule has 0 unspecified atom stereocenters. The summed E-state index contributed by atoms with van der Waals surface area (Å²) in [5.41, 5.74) is 7.94. The highest BCUT2D eigenvalue weighted by atomic mass is 35.5. The first-order valence-corrected chi connectivity index (χ1v) is 6.20. The second kappa shape index (κ2) is 5.32. The predicted octanol–water partition coefficient (Wildman–Crippen LogP) is 2.59. The zero-order valence-electron chi connectivity index (χ0n) is 10.7. The number of hydrogen-bond acceptors (Lipinski definition) is 4. The number of rotatable bonds is 3. The Bertz CT molecular complexity index is 603. The van der Waals surface area contributed by atoms with Gasteiger partial charge >= 0.3 is 5.97 Å². The Balaban J connectivity index is 2.48. The lowest BCUT2D eigenvalue weighted by Gasteiger charge is -2.10. The van der Waals surface area contributed by atoms with Crippen LogP contribution in [0.1, 0.15) is 23.0 Å². The standard InChI is InChI=1S/C13H14ClN3O2/c1-3-19-13(18)9-5-4-6-11(12(9)15)17-7-10(14)8(2)16-17/h4-7H,3,15H2,1-2H3. The molecule has 1 aromatic heterocycles. The number of carbonyl (C=O) groups excluding carboxylic acids is 1. The van der Waals surface area contributed by atoms with E-state index >= 15 is 0 Å². The third-order valence-corrected chi connectivity index (χ3v) is 3.04. The Morgan fingerprint density at radius 3 is 2.84 bits per heavy atom. The summed E-state index contributed by atoms with van der Waals surface area (Å²) in [5.74, 6) is -0.447. The van der Waals surface area contributed by atoms with Crippen LogP contribution in [0.5, 0.6) is 0 Å². The monoisotopic (exact) mass is 279 g/mol. The van der Waals surface area contributed by atoms with Crippen LogP contribution < -0.4 is 5.73 Å². The fraction of sp³-hybridized carbons (Fsp3) is 0.231. The minimum Gasteiger partial charge on any atom is -0.462 e. The molecule has 0 aliphatic heterocycles. The second-order valence-corrected chi connectivity index (χ2v) is 4.37. The van der Waals surface area contributed by atoms with E-state index in [0.29, 0.717) is 34.3 Å². The van der Waals surface area contributed by atoms with Gasteiger partial charge in [-0.15, -0.1) is 0 Å². The average Bonchev–Trinajstić information content (AvgIpc) is 2.70. The van der Waals surface area contributed by atoms with Gasteiger partial charge in [-0.3, -0.25) is 0 Å². The van der Waals surface area contributed by atoms with E-state index in [1.54, 1.807) is 42.9 Å². The van der Waals surface area contributed by atoms with Crippen molar-refractivity contribution >= 4 is 23.3 Å². The maximum atomic E-state index is 11.8. The Kier molecular flexibility index (Phi) is 3.76. The number of hydrogen-bond donors (Lipinski definition) is 1. The van der Waals surface area contributed by atoms with Crippen LogP contribution in [-0.4, -0.2) is 22.4 Å². The highest BCUT2D eigenvalue weighted by Crippen LogP contribution is 2.24. The number of aryl methyl sites for hydroxylation is 1. The SMILES string of the molecule is CCOC(=O)c1cccc(-n2cc(Cl)c(C)n2)c1N. The molecule has 0 atom stereocenters. The van der Waals surface area contributed by atoms with Crippen molar-refractivity contribution in [2.24, 2.45) is 0 Å². The fourth-order valence-corrected chi connectivity index (χ4v) is 1.83. The van der Waals surface area contributed by atoms with Gasteiger partial charge in [-0.25, -0.2) is 9.48 Å². The van der Waals surface area contributed by atoms with Crippen molar-refractivity contribution in [3.05, 3.63) is 40.7 Å². The molecule has 1 heterocycles. The highest BCUT2D eigenvalue weighted by Gasteiger charge is 2.15. The largest absolute Gasteiger partial charge is 0.462 e. The summed E-state index contributed by atoms with van der Waals surface area (Å²) in [6.45, 7) is 3.84. The van der Waals surface area contributed by atoms with Gasteiger partial charge in [0.2, 0.25) is 0 Å². The van der Waals surface area contributed by atoms with Crippen LogP contribution in [0.15, 0.2) is 24.4 Å². The third-order valence-electron chi connectivity index (χ3n) is 2.66. The number of ether oxygens (including phenoxy) is 1. The first kappa shape index (κ1) is 13.4. The molecule has 2 aromatic rings. The number of anilines is 1. The summed E-state index contributed by atoms with van der Waals surface area (Å²) in [7, 11) is 0. The smallest absolute Gasteiger partial charge is 0.340 e. The molecule has 0 bridgehead atoms. The molecule has 2 rings (SSSR count). The molecule has 1 aromatic carbocycles. The van der Waals surface area contributed by atoms with Crippen LogP contribution >= 0.6 is 11.6 Å².